The molecule has 1 fully saturated rings. The molecule has 2 aromatic carbocycles. The van der Waals surface area contributed by atoms with Gasteiger partial charge in [-0.15, -0.1) is 5.10 Å². The number of amides is 1. The van der Waals surface area contributed by atoms with Crippen molar-refractivity contribution < 1.29 is 9.53 Å². The number of nitrogens with zero attached hydrogens (tertiary/aromatic N) is 2. The molecule has 1 aliphatic heterocycles. The van der Waals surface area contributed by atoms with Crippen LogP contribution in [0.25, 0.3) is 0 Å². The van der Waals surface area contributed by atoms with Gasteiger partial charge >= 0.3 is 0 Å². The fourth-order valence-electron chi connectivity index (χ4n) is 2.08. The summed E-state index contributed by atoms with van der Waals surface area (Å²) in [7, 11) is 0. The molecule has 1 amide bonds. The molecule has 0 saturated carbocycles. The van der Waals surface area contributed by atoms with Gasteiger partial charge in [-0.25, -0.2) is 0 Å². The molecule has 0 radical (unpaired) electrons. The molecule has 1 heterocycles. The maximum absolute atomic E-state index is 11.2. The van der Waals surface area contributed by atoms with Crippen molar-refractivity contribution >= 4 is 74.2 Å². The van der Waals surface area contributed by atoms with E-state index >= 15 is 0 Å². The Morgan fingerprint density at radius 2 is 2.04 bits per heavy atom. The lowest BCUT2D eigenvalue weighted by Crippen LogP contribution is -2.19. The number of nitrogens with one attached hydrogen (secondary N) is 1. The van der Waals surface area contributed by atoms with Crippen LogP contribution in [0.2, 0.25) is 0 Å². The highest BCUT2D eigenvalue weighted by atomic mass is 127. The van der Waals surface area contributed by atoms with Crippen LogP contribution in [0.1, 0.15) is 11.1 Å². The average Bonchev–Trinajstić information content (AvgIpc) is 3.00. The van der Waals surface area contributed by atoms with Crippen LogP contribution in [-0.2, 0) is 11.4 Å². The van der Waals surface area contributed by atoms with Crippen molar-refractivity contribution in [3.63, 3.8) is 0 Å². The summed E-state index contributed by atoms with van der Waals surface area (Å²) in [6, 6.07) is 14.1. The normalized spacial score (nSPS) is 15.8. The zero-order valence-electron chi connectivity index (χ0n) is 12.9. The van der Waals surface area contributed by atoms with E-state index in [-0.39, 0.29) is 5.91 Å². The lowest BCUT2D eigenvalue weighted by Gasteiger charge is -2.12. The van der Waals surface area contributed by atoms with E-state index in [0.29, 0.717) is 17.5 Å². The molecule has 1 saturated heterocycles. The van der Waals surface area contributed by atoms with Gasteiger partial charge in [-0.2, -0.15) is 5.10 Å². The molecule has 0 aromatic heterocycles. The number of amidine groups is 1. The largest absolute Gasteiger partial charge is 0.487 e. The van der Waals surface area contributed by atoms with E-state index in [4.69, 9.17) is 4.74 Å². The van der Waals surface area contributed by atoms with Gasteiger partial charge in [-0.3, -0.25) is 4.79 Å². The highest BCUT2D eigenvalue weighted by molar-refractivity contribution is 14.1. The van der Waals surface area contributed by atoms with E-state index in [0.717, 1.165) is 24.0 Å². The van der Waals surface area contributed by atoms with E-state index in [1.54, 1.807) is 6.21 Å². The Kier molecular flexibility index (Phi) is 6.70. The molecule has 0 atom stereocenters. The molecule has 25 heavy (non-hydrogen) atoms. The van der Waals surface area contributed by atoms with Gasteiger partial charge in [0, 0.05) is 9.13 Å². The van der Waals surface area contributed by atoms with Gasteiger partial charge in [0.25, 0.3) is 0 Å². The van der Waals surface area contributed by atoms with Gasteiger partial charge in [-0.05, 0) is 62.9 Å². The average molecular weight is 577 g/mol. The zero-order chi connectivity index (χ0) is 17.6. The van der Waals surface area contributed by atoms with Gasteiger partial charge < -0.3 is 10.1 Å². The number of hydrogen-bond acceptors (Lipinski definition) is 5. The van der Waals surface area contributed by atoms with Crippen molar-refractivity contribution in [3.05, 3.63) is 60.7 Å². The number of halogens is 2. The minimum absolute atomic E-state index is 0.0466. The first kappa shape index (κ1) is 18.6. The molecule has 0 aliphatic carbocycles. The second-order valence-corrected chi connectivity index (χ2v) is 8.44. The maximum atomic E-state index is 11.2. The minimum Gasteiger partial charge on any atom is -0.487 e. The van der Waals surface area contributed by atoms with Crippen molar-refractivity contribution in [2.24, 2.45) is 10.2 Å². The Labute approximate surface area is 177 Å². The van der Waals surface area contributed by atoms with Crippen molar-refractivity contribution in [1.29, 1.82) is 0 Å². The summed E-state index contributed by atoms with van der Waals surface area (Å²) in [6.07, 6.45) is 1.66. The van der Waals surface area contributed by atoms with Crippen LogP contribution < -0.4 is 10.1 Å². The fraction of sp³-hybridized carbons (Fsp3) is 0.118. The molecule has 128 valence electrons. The van der Waals surface area contributed by atoms with Crippen LogP contribution in [0.3, 0.4) is 0 Å². The topological polar surface area (TPSA) is 63.0 Å². The highest BCUT2D eigenvalue weighted by Gasteiger charge is 2.16. The summed E-state index contributed by atoms with van der Waals surface area (Å²) < 4.78 is 8.12. The number of carbonyl (C=O) groups is 1. The molecule has 2 aromatic rings. The first-order valence-corrected chi connectivity index (χ1v) is 10.5. The standard InChI is InChI=1S/C17H13I2N3O2S/c18-13-6-12(8-20-22-17-21-15(23)10-25-17)16(14(19)7-13)24-9-11-4-2-1-3-5-11/h1-8H,9-10H2,(H,21,22,23)/b20-8+. The highest BCUT2D eigenvalue weighted by Crippen LogP contribution is 2.28. The van der Waals surface area contributed by atoms with Crippen LogP contribution in [-0.4, -0.2) is 23.0 Å². The third-order valence-corrected chi connectivity index (χ3v) is 5.48. The first-order chi connectivity index (χ1) is 12.1. The maximum Gasteiger partial charge on any atom is 0.236 e. The molecule has 0 unspecified atom stereocenters. The van der Waals surface area contributed by atoms with Crippen molar-refractivity contribution in [2.45, 2.75) is 6.61 Å². The van der Waals surface area contributed by atoms with Gasteiger partial charge in [-0.1, -0.05) is 42.1 Å². The van der Waals surface area contributed by atoms with Gasteiger partial charge in [0.1, 0.15) is 12.4 Å². The number of benzene rings is 2. The Balaban J connectivity index is 1.79. The smallest absolute Gasteiger partial charge is 0.236 e. The van der Waals surface area contributed by atoms with E-state index < -0.39 is 0 Å². The molecular weight excluding hydrogens is 564 g/mol. The number of carbonyl (C=O) groups excluding carboxylic acids is 1. The van der Waals surface area contributed by atoms with Gasteiger partial charge in [0.15, 0.2) is 5.17 Å². The van der Waals surface area contributed by atoms with Gasteiger partial charge in [0.05, 0.1) is 15.5 Å². The molecule has 8 heteroatoms. The van der Waals surface area contributed by atoms with Crippen LogP contribution in [0, 0.1) is 7.14 Å². The molecule has 3 rings (SSSR count). The molecule has 5 nitrogen and oxygen atoms in total. The summed E-state index contributed by atoms with van der Waals surface area (Å²) in [6.45, 7) is 0.485. The molecule has 0 bridgehead atoms. The Hall–Kier alpha value is -1.14. The summed E-state index contributed by atoms with van der Waals surface area (Å²) in [4.78, 5) is 11.2. The first-order valence-electron chi connectivity index (χ1n) is 7.31. The number of thioether (sulfide) groups is 1. The number of hydrogen-bond donors (Lipinski definition) is 1. The van der Waals surface area contributed by atoms with E-state index in [9.17, 15) is 4.79 Å². The van der Waals surface area contributed by atoms with Gasteiger partial charge in [0.2, 0.25) is 5.91 Å². The summed E-state index contributed by atoms with van der Waals surface area (Å²) in [5, 5.41) is 11.3. The predicted molar refractivity (Wildman–Crippen MR) is 118 cm³/mol. The quantitative estimate of drug-likeness (QED) is 0.332. The summed E-state index contributed by atoms with van der Waals surface area (Å²) in [5.74, 6) is 1.12. The second kappa shape index (κ2) is 8.99. The lowest BCUT2D eigenvalue weighted by molar-refractivity contribution is -0.116. The zero-order valence-corrected chi connectivity index (χ0v) is 18.0. The van der Waals surface area contributed by atoms with Crippen molar-refractivity contribution in [1.82, 2.24) is 5.32 Å². The lowest BCUT2D eigenvalue weighted by atomic mass is 10.2. The molecule has 1 aliphatic rings. The minimum atomic E-state index is -0.0466. The Morgan fingerprint density at radius 1 is 1.24 bits per heavy atom. The summed E-state index contributed by atoms with van der Waals surface area (Å²) in [5.41, 5.74) is 1.95. The van der Waals surface area contributed by atoms with Crippen LogP contribution in [0.15, 0.2) is 52.7 Å². The third-order valence-electron chi connectivity index (χ3n) is 3.19. The monoisotopic (exact) mass is 577 g/mol. The van der Waals surface area contributed by atoms with Crippen molar-refractivity contribution in [3.8, 4) is 5.75 Å². The number of rotatable bonds is 5. The molecule has 1 N–H and O–H groups in total. The van der Waals surface area contributed by atoms with Crippen LogP contribution in [0.4, 0.5) is 0 Å². The Bertz CT molecular complexity index is 841. The second-order valence-electron chi connectivity index (χ2n) is 5.07. The molecular formula is C17H13I2N3O2S. The van der Waals surface area contributed by atoms with E-state index in [2.05, 4.69) is 66.8 Å². The van der Waals surface area contributed by atoms with E-state index in [1.165, 1.54) is 11.8 Å². The summed E-state index contributed by atoms with van der Waals surface area (Å²) >= 11 is 5.86. The van der Waals surface area contributed by atoms with E-state index in [1.807, 2.05) is 36.4 Å². The number of ether oxygens (including phenoxy) is 1. The SMILES string of the molecule is O=C1CS/C(=N/N=C/c2cc(I)cc(I)c2OCc2ccccc2)N1. The van der Waals surface area contributed by atoms with Crippen LogP contribution in [0.5, 0.6) is 5.75 Å². The Morgan fingerprint density at radius 3 is 2.76 bits per heavy atom. The van der Waals surface area contributed by atoms with Crippen molar-refractivity contribution in [2.75, 3.05) is 5.75 Å². The fourth-order valence-corrected chi connectivity index (χ4v) is 4.76. The predicted octanol–water partition coefficient (Wildman–Crippen LogP) is 4.03. The van der Waals surface area contributed by atoms with Crippen LogP contribution >= 0.6 is 56.9 Å². The third kappa shape index (κ3) is 5.42. The molecule has 0 spiro atoms.